The van der Waals surface area contributed by atoms with E-state index in [0.29, 0.717) is 4.47 Å². The van der Waals surface area contributed by atoms with Crippen molar-refractivity contribution in [1.82, 2.24) is 0 Å². The molecule has 1 aromatic rings. The van der Waals surface area contributed by atoms with Crippen molar-refractivity contribution in [3.63, 3.8) is 0 Å². The van der Waals surface area contributed by atoms with Crippen molar-refractivity contribution >= 4 is 33.5 Å². The third kappa shape index (κ3) is 2.21. The van der Waals surface area contributed by atoms with Crippen molar-refractivity contribution in [2.24, 2.45) is 0 Å². The Bertz CT molecular complexity index is 340. The molecule has 0 aliphatic carbocycles. The van der Waals surface area contributed by atoms with Gasteiger partial charge < -0.3 is 10.2 Å². The van der Waals surface area contributed by atoms with Crippen LogP contribution in [0.15, 0.2) is 22.7 Å². The number of aliphatic carboxylic acids is 1. The molecule has 70 valence electrons. The highest BCUT2D eigenvalue weighted by atomic mass is 79.9. The molecule has 0 heterocycles. The molecule has 0 bridgehead atoms. The number of halogens is 2. The quantitative estimate of drug-likeness (QED) is 0.862. The molecule has 0 radical (unpaired) electrons. The van der Waals surface area contributed by atoms with Crippen LogP contribution in [0.25, 0.3) is 0 Å². The van der Waals surface area contributed by atoms with Gasteiger partial charge in [-0.2, -0.15) is 0 Å². The second kappa shape index (κ2) is 4.09. The highest BCUT2D eigenvalue weighted by Gasteiger charge is 2.19. The molecular formula is C8H6BrClO3. The van der Waals surface area contributed by atoms with Crippen LogP contribution in [0.5, 0.6) is 0 Å². The van der Waals surface area contributed by atoms with E-state index >= 15 is 0 Å². The van der Waals surface area contributed by atoms with Crippen LogP contribution < -0.4 is 0 Å². The van der Waals surface area contributed by atoms with Crippen LogP contribution in [0, 0.1) is 0 Å². The predicted octanol–water partition coefficient (Wildman–Crippen LogP) is 2.22. The topological polar surface area (TPSA) is 57.5 Å². The van der Waals surface area contributed by atoms with Crippen molar-refractivity contribution in [3.8, 4) is 0 Å². The number of aliphatic hydroxyl groups excluding tert-OH is 1. The molecule has 3 nitrogen and oxygen atoms in total. The second-order valence-electron chi connectivity index (χ2n) is 2.38. The molecule has 0 spiro atoms. The Labute approximate surface area is 88.1 Å². The average molecular weight is 265 g/mol. The molecule has 0 aliphatic heterocycles. The molecule has 0 fully saturated rings. The Morgan fingerprint density at radius 2 is 2.15 bits per heavy atom. The normalized spacial score (nSPS) is 12.5. The molecule has 0 saturated heterocycles. The Hall–Kier alpha value is -0.580. The minimum Gasteiger partial charge on any atom is -0.479 e. The molecule has 1 aromatic carbocycles. The van der Waals surface area contributed by atoms with E-state index in [2.05, 4.69) is 15.9 Å². The predicted molar refractivity (Wildman–Crippen MR) is 51.7 cm³/mol. The van der Waals surface area contributed by atoms with E-state index in [0.717, 1.165) is 0 Å². The van der Waals surface area contributed by atoms with Gasteiger partial charge in [-0.3, -0.25) is 0 Å². The van der Waals surface area contributed by atoms with Crippen LogP contribution in [0.1, 0.15) is 11.7 Å². The summed E-state index contributed by atoms with van der Waals surface area (Å²) in [6, 6.07) is 4.74. The fraction of sp³-hybridized carbons (Fsp3) is 0.125. The molecule has 0 aromatic heterocycles. The number of carboxylic acids is 1. The van der Waals surface area contributed by atoms with Gasteiger partial charge in [0.1, 0.15) is 0 Å². The van der Waals surface area contributed by atoms with Crippen molar-refractivity contribution in [2.75, 3.05) is 0 Å². The van der Waals surface area contributed by atoms with E-state index in [1.165, 1.54) is 6.07 Å². The summed E-state index contributed by atoms with van der Waals surface area (Å²) >= 11 is 8.89. The fourth-order valence-electron chi connectivity index (χ4n) is 0.865. The van der Waals surface area contributed by atoms with E-state index in [4.69, 9.17) is 16.7 Å². The first-order valence-electron chi connectivity index (χ1n) is 3.39. The first kappa shape index (κ1) is 10.5. The summed E-state index contributed by atoms with van der Waals surface area (Å²) in [5, 5.41) is 17.9. The zero-order valence-corrected chi connectivity index (χ0v) is 8.71. The highest BCUT2D eigenvalue weighted by Crippen LogP contribution is 2.30. The Balaban J connectivity index is 3.15. The number of rotatable bonds is 2. The highest BCUT2D eigenvalue weighted by molar-refractivity contribution is 9.10. The van der Waals surface area contributed by atoms with E-state index in [1.807, 2.05) is 0 Å². The molecule has 0 saturated carbocycles. The third-order valence-corrected chi connectivity index (χ3v) is 2.82. The Morgan fingerprint density at radius 3 is 2.69 bits per heavy atom. The number of carboxylic acid groups (broad SMARTS) is 1. The van der Waals surface area contributed by atoms with Crippen LogP contribution in [-0.4, -0.2) is 16.2 Å². The van der Waals surface area contributed by atoms with Gasteiger partial charge in [0.15, 0.2) is 6.10 Å². The molecule has 1 rings (SSSR count). The van der Waals surface area contributed by atoms with Gasteiger partial charge in [-0.15, -0.1) is 0 Å². The smallest absolute Gasteiger partial charge is 0.337 e. The zero-order valence-electron chi connectivity index (χ0n) is 6.37. The second-order valence-corrected chi connectivity index (χ2v) is 3.62. The van der Waals surface area contributed by atoms with E-state index < -0.39 is 12.1 Å². The number of carbonyl (C=O) groups is 1. The number of hydrogen-bond donors (Lipinski definition) is 2. The van der Waals surface area contributed by atoms with Gasteiger partial charge >= 0.3 is 5.97 Å². The minimum absolute atomic E-state index is 0.184. The van der Waals surface area contributed by atoms with Gasteiger partial charge in [-0.05, 0) is 22.0 Å². The number of hydrogen-bond acceptors (Lipinski definition) is 2. The van der Waals surface area contributed by atoms with E-state index in [1.54, 1.807) is 12.1 Å². The van der Waals surface area contributed by atoms with Crippen molar-refractivity contribution in [2.45, 2.75) is 6.10 Å². The largest absolute Gasteiger partial charge is 0.479 e. The van der Waals surface area contributed by atoms with Crippen molar-refractivity contribution in [1.29, 1.82) is 0 Å². The molecule has 13 heavy (non-hydrogen) atoms. The Kier molecular flexibility index (Phi) is 3.30. The third-order valence-electron chi connectivity index (χ3n) is 1.51. The van der Waals surface area contributed by atoms with Gasteiger partial charge in [0.25, 0.3) is 0 Å². The summed E-state index contributed by atoms with van der Waals surface area (Å²) in [6.45, 7) is 0. The molecule has 0 amide bonds. The molecule has 0 aliphatic rings. The maximum absolute atomic E-state index is 10.4. The fourth-order valence-corrected chi connectivity index (χ4v) is 1.48. The SMILES string of the molecule is O=C(O)[C@@H](O)c1cccc(Br)c1Cl. The summed E-state index contributed by atoms with van der Waals surface area (Å²) in [5.74, 6) is -1.32. The van der Waals surface area contributed by atoms with Gasteiger partial charge in [0, 0.05) is 10.0 Å². The van der Waals surface area contributed by atoms with Crippen LogP contribution in [0.4, 0.5) is 0 Å². The van der Waals surface area contributed by atoms with Crippen LogP contribution in [-0.2, 0) is 4.79 Å². The maximum atomic E-state index is 10.4. The summed E-state index contributed by atoms with van der Waals surface area (Å²) in [4.78, 5) is 10.4. The van der Waals surface area contributed by atoms with Crippen LogP contribution >= 0.6 is 27.5 Å². The van der Waals surface area contributed by atoms with Gasteiger partial charge in [0.05, 0.1) is 5.02 Å². The van der Waals surface area contributed by atoms with Gasteiger partial charge in [-0.25, -0.2) is 4.79 Å². The first-order chi connectivity index (χ1) is 6.04. The lowest BCUT2D eigenvalue weighted by Gasteiger charge is -2.08. The van der Waals surface area contributed by atoms with Crippen LogP contribution in [0.3, 0.4) is 0 Å². The lowest BCUT2D eigenvalue weighted by molar-refractivity contribution is -0.146. The average Bonchev–Trinajstić information content (AvgIpc) is 2.08. The summed E-state index contributed by atoms with van der Waals surface area (Å²) in [7, 11) is 0. The number of benzene rings is 1. The first-order valence-corrected chi connectivity index (χ1v) is 4.56. The zero-order chi connectivity index (χ0) is 10.0. The van der Waals surface area contributed by atoms with E-state index in [-0.39, 0.29) is 10.6 Å². The Morgan fingerprint density at radius 1 is 1.54 bits per heavy atom. The summed E-state index contributed by atoms with van der Waals surface area (Å²) in [6.07, 6.45) is -1.58. The van der Waals surface area contributed by atoms with Gasteiger partial charge in [-0.1, -0.05) is 23.7 Å². The summed E-state index contributed by atoms with van der Waals surface area (Å²) in [5.41, 5.74) is 0.184. The number of aliphatic hydroxyl groups is 1. The monoisotopic (exact) mass is 264 g/mol. The standard InChI is InChI=1S/C8H6BrClO3/c9-5-3-1-2-4(6(5)10)7(11)8(12)13/h1-3,7,11H,(H,12,13)/t7-/m0/s1. The van der Waals surface area contributed by atoms with Crippen molar-refractivity contribution in [3.05, 3.63) is 33.3 Å². The van der Waals surface area contributed by atoms with Crippen molar-refractivity contribution < 1.29 is 15.0 Å². The molecule has 5 heteroatoms. The summed E-state index contributed by atoms with van der Waals surface area (Å²) < 4.78 is 0.562. The van der Waals surface area contributed by atoms with E-state index in [9.17, 15) is 9.90 Å². The lowest BCUT2D eigenvalue weighted by Crippen LogP contribution is -2.10. The van der Waals surface area contributed by atoms with Gasteiger partial charge in [0.2, 0.25) is 0 Å². The molecule has 1 atom stereocenters. The molecular weight excluding hydrogens is 259 g/mol. The molecule has 0 unspecified atom stereocenters. The lowest BCUT2D eigenvalue weighted by atomic mass is 10.1. The maximum Gasteiger partial charge on any atom is 0.337 e. The molecule has 2 N–H and O–H groups in total. The van der Waals surface area contributed by atoms with Crippen LogP contribution in [0.2, 0.25) is 5.02 Å². The minimum atomic E-state index is -1.58.